The van der Waals surface area contributed by atoms with Gasteiger partial charge in [-0.1, -0.05) is 18.2 Å². The average molecular weight is 440 g/mol. The van der Waals surface area contributed by atoms with Gasteiger partial charge in [-0.2, -0.15) is 10.2 Å². The van der Waals surface area contributed by atoms with Crippen LogP contribution in [0.4, 0.5) is 11.4 Å². The molecule has 0 unspecified atom stereocenters. The molecule has 0 N–H and O–H groups in total. The summed E-state index contributed by atoms with van der Waals surface area (Å²) in [5.41, 5.74) is 0.119. The monoisotopic (exact) mass is 439 g/mol. The number of azo groups is 1. The van der Waals surface area contributed by atoms with E-state index >= 15 is 0 Å². The van der Waals surface area contributed by atoms with Gasteiger partial charge in [0, 0.05) is 23.3 Å². The van der Waals surface area contributed by atoms with Gasteiger partial charge in [0.2, 0.25) is 5.78 Å². The fourth-order valence-electron chi connectivity index (χ4n) is 2.33. The third-order valence-electron chi connectivity index (χ3n) is 3.64. The zero-order chi connectivity index (χ0) is 21.3. The van der Waals surface area contributed by atoms with Gasteiger partial charge >= 0.3 is 5.97 Å². The lowest BCUT2D eigenvalue weighted by atomic mass is 10.3. The minimum absolute atomic E-state index is 0.0483. The molecule has 154 valence electrons. The highest BCUT2D eigenvalue weighted by Crippen LogP contribution is 2.52. The van der Waals surface area contributed by atoms with Crippen LogP contribution in [0.15, 0.2) is 64.8 Å². The minimum atomic E-state index is -3.87. The second kappa shape index (κ2) is 10.8. The van der Waals surface area contributed by atoms with Crippen molar-refractivity contribution in [2.75, 3.05) is 19.1 Å². The Balaban J connectivity index is 2.44. The highest BCUT2D eigenvalue weighted by atomic mass is 35.5. The third-order valence-corrected chi connectivity index (χ3v) is 6.34. The van der Waals surface area contributed by atoms with Crippen LogP contribution in [-0.4, -0.2) is 35.8 Å². The Bertz CT molecular complexity index is 908. The smallest absolute Gasteiger partial charge is 0.343 e. The molecule has 2 rings (SSSR count). The number of nitrogens with zero attached hydrogens (tertiary/aromatic N) is 3. The van der Waals surface area contributed by atoms with Crippen molar-refractivity contribution in [1.29, 1.82) is 0 Å². The molecule has 0 saturated carbocycles. The molecular formula is C18H19ClN3O6P. The van der Waals surface area contributed by atoms with Crippen LogP contribution in [-0.2, 0) is 18.6 Å². The summed E-state index contributed by atoms with van der Waals surface area (Å²) < 4.78 is 24.3. The number of carbonyl (C=O) groups is 1. The minimum Gasteiger partial charge on any atom is -0.464 e. The van der Waals surface area contributed by atoms with Crippen LogP contribution in [0, 0.1) is 10.1 Å². The number of nitro benzene ring substituents is 1. The first-order valence-electron chi connectivity index (χ1n) is 8.60. The average Bonchev–Trinajstić information content (AvgIpc) is 2.73. The number of halogens is 1. The number of esters is 1. The number of non-ortho nitro benzene ring substituents is 1. The predicted molar refractivity (Wildman–Crippen MR) is 108 cm³/mol. The summed E-state index contributed by atoms with van der Waals surface area (Å²) in [5.74, 6) is -2.35. The lowest BCUT2D eigenvalue weighted by molar-refractivity contribution is -0.384. The fraction of sp³-hybridized carbons (Fsp3) is 0.278. The van der Waals surface area contributed by atoms with Crippen LogP contribution in [0.2, 0.25) is 0 Å². The van der Waals surface area contributed by atoms with Gasteiger partial charge in [-0.25, -0.2) is 4.79 Å². The van der Waals surface area contributed by atoms with Crippen molar-refractivity contribution < 1.29 is 23.5 Å². The number of hydrogen-bond donors (Lipinski definition) is 0. The van der Waals surface area contributed by atoms with Crippen molar-refractivity contribution in [3.05, 3.63) is 64.7 Å². The van der Waals surface area contributed by atoms with Crippen molar-refractivity contribution in [2.45, 2.75) is 12.7 Å². The first kappa shape index (κ1) is 22.7. The summed E-state index contributed by atoms with van der Waals surface area (Å²) in [7, 11) is -3.87. The Labute approximate surface area is 172 Å². The van der Waals surface area contributed by atoms with Gasteiger partial charge in [-0.3, -0.25) is 14.7 Å². The van der Waals surface area contributed by atoms with Gasteiger partial charge in [0.1, 0.15) is 0 Å². The highest BCUT2D eigenvalue weighted by Gasteiger charge is 2.43. The Kier molecular flexibility index (Phi) is 8.45. The van der Waals surface area contributed by atoms with E-state index in [2.05, 4.69) is 10.2 Å². The molecule has 2 atom stereocenters. The van der Waals surface area contributed by atoms with Gasteiger partial charge in [0.25, 0.3) is 13.1 Å². The second-order valence-corrected chi connectivity index (χ2v) is 8.41. The Morgan fingerprint density at radius 1 is 1.21 bits per heavy atom. The van der Waals surface area contributed by atoms with Gasteiger partial charge in [0.15, 0.2) is 0 Å². The second-order valence-electron chi connectivity index (χ2n) is 5.57. The van der Waals surface area contributed by atoms with E-state index in [1.807, 2.05) is 0 Å². The molecule has 9 nitrogen and oxygen atoms in total. The molecule has 0 fully saturated rings. The lowest BCUT2D eigenvalue weighted by Crippen LogP contribution is -2.28. The maximum Gasteiger partial charge on any atom is 0.343 e. The van der Waals surface area contributed by atoms with Gasteiger partial charge < -0.3 is 9.26 Å². The van der Waals surface area contributed by atoms with E-state index in [9.17, 15) is 19.5 Å². The normalized spacial score (nSPS) is 14.3. The summed E-state index contributed by atoms with van der Waals surface area (Å²) in [5, 5.41) is 18.9. The fourth-order valence-corrected chi connectivity index (χ4v) is 4.57. The van der Waals surface area contributed by atoms with Gasteiger partial charge in [0.05, 0.1) is 23.8 Å². The number of benzene rings is 2. The first-order chi connectivity index (χ1) is 13.9. The molecule has 0 aliphatic heterocycles. The van der Waals surface area contributed by atoms with Gasteiger partial charge in [-0.15, -0.1) is 11.6 Å². The molecule has 0 amide bonds. The quantitative estimate of drug-likeness (QED) is 0.135. The van der Waals surface area contributed by atoms with Crippen molar-refractivity contribution in [3.63, 3.8) is 0 Å². The Morgan fingerprint density at radius 2 is 1.86 bits per heavy atom. The summed E-state index contributed by atoms with van der Waals surface area (Å²) in [6.45, 7) is 1.58. The van der Waals surface area contributed by atoms with Crippen molar-refractivity contribution in [3.8, 4) is 0 Å². The topological polar surface area (TPSA) is 120 Å². The van der Waals surface area contributed by atoms with Crippen LogP contribution in [0.3, 0.4) is 0 Å². The molecular weight excluding hydrogens is 421 g/mol. The number of ether oxygens (including phenoxy) is 1. The highest BCUT2D eigenvalue weighted by molar-refractivity contribution is 7.68. The molecule has 0 heterocycles. The largest absolute Gasteiger partial charge is 0.464 e. The van der Waals surface area contributed by atoms with Crippen molar-refractivity contribution in [1.82, 2.24) is 0 Å². The van der Waals surface area contributed by atoms with E-state index in [1.165, 1.54) is 24.3 Å². The van der Waals surface area contributed by atoms with Crippen LogP contribution < -0.4 is 5.30 Å². The zero-order valence-electron chi connectivity index (χ0n) is 15.5. The molecule has 0 aliphatic rings. The molecule has 2 aromatic carbocycles. The SMILES string of the molecule is CCOC(=O)[C@H](N=Nc1ccc([N+](=O)[O-])cc1)[P@@](=O)(OCCCl)c1ccccc1. The lowest BCUT2D eigenvalue weighted by Gasteiger charge is -2.22. The van der Waals surface area contributed by atoms with E-state index in [4.69, 9.17) is 20.9 Å². The number of nitro groups is 1. The van der Waals surface area contributed by atoms with E-state index in [0.717, 1.165) is 0 Å². The summed E-state index contributed by atoms with van der Waals surface area (Å²) in [4.78, 5) is 22.7. The Morgan fingerprint density at radius 3 is 2.41 bits per heavy atom. The first-order valence-corrected chi connectivity index (χ1v) is 10.8. The third kappa shape index (κ3) is 5.93. The summed E-state index contributed by atoms with van der Waals surface area (Å²) >= 11 is 5.68. The van der Waals surface area contributed by atoms with E-state index in [0.29, 0.717) is 0 Å². The molecule has 29 heavy (non-hydrogen) atoms. The number of alkyl halides is 1. The summed E-state index contributed by atoms with van der Waals surface area (Å²) in [6, 6.07) is 13.4. The van der Waals surface area contributed by atoms with E-state index in [1.54, 1.807) is 37.3 Å². The molecule has 11 heteroatoms. The molecule has 0 bridgehead atoms. The molecule has 0 aromatic heterocycles. The maximum atomic E-state index is 13.7. The van der Waals surface area contributed by atoms with E-state index in [-0.39, 0.29) is 35.8 Å². The Hall–Kier alpha value is -2.61. The molecule has 0 saturated heterocycles. The predicted octanol–water partition coefficient (Wildman–Crippen LogP) is 4.43. The van der Waals surface area contributed by atoms with E-state index < -0.39 is 24.0 Å². The standard InChI is InChI=1S/C18H19ClN3O6P/c1-2-27-18(23)17(21-20-14-8-10-15(11-9-14)22(24)25)29(26,28-13-12-19)16-6-4-3-5-7-16/h3-11,17H,2,12-13H2,1H3/t17-,29+/m1/s1. The number of carbonyl (C=O) groups excluding carboxylic acids is 1. The van der Waals surface area contributed by atoms with Crippen molar-refractivity contribution in [2.24, 2.45) is 10.2 Å². The van der Waals surface area contributed by atoms with Gasteiger partial charge in [-0.05, 0) is 31.2 Å². The number of hydrogen-bond acceptors (Lipinski definition) is 8. The molecule has 0 spiro atoms. The molecule has 2 aromatic rings. The van der Waals surface area contributed by atoms with Crippen LogP contribution in [0.5, 0.6) is 0 Å². The van der Waals surface area contributed by atoms with Crippen molar-refractivity contribution >= 4 is 41.6 Å². The summed E-state index contributed by atoms with van der Waals surface area (Å²) in [6.07, 6.45) is 0. The molecule has 0 aliphatic carbocycles. The van der Waals surface area contributed by atoms with Crippen LogP contribution in [0.1, 0.15) is 6.92 Å². The van der Waals surface area contributed by atoms with Crippen LogP contribution in [0.25, 0.3) is 0 Å². The number of rotatable bonds is 10. The maximum absolute atomic E-state index is 13.7. The van der Waals surface area contributed by atoms with Crippen LogP contribution >= 0.6 is 19.0 Å². The molecule has 0 radical (unpaired) electrons. The zero-order valence-corrected chi connectivity index (χ0v) is 17.2.